The SMILES string of the molecule is O=[N+]([O-])c1cccc(/C=N/n2cn[nH]c2=S)c1. The van der Waals surface area contributed by atoms with Gasteiger partial charge in [-0.15, -0.1) is 0 Å². The summed E-state index contributed by atoms with van der Waals surface area (Å²) in [4.78, 5) is 10.1. The second-order valence-electron chi connectivity index (χ2n) is 3.10. The zero-order valence-corrected chi connectivity index (χ0v) is 9.29. The van der Waals surface area contributed by atoms with Gasteiger partial charge in [0, 0.05) is 17.7 Å². The molecule has 0 saturated carbocycles. The number of aromatic nitrogens is 3. The van der Waals surface area contributed by atoms with Gasteiger partial charge in [0.1, 0.15) is 6.33 Å². The Morgan fingerprint density at radius 3 is 3.06 bits per heavy atom. The number of nitro benzene ring substituents is 1. The number of hydrogen-bond acceptors (Lipinski definition) is 5. The Morgan fingerprint density at radius 1 is 1.59 bits per heavy atom. The maximum Gasteiger partial charge on any atom is 0.270 e. The number of rotatable bonds is 3. The van der Waals surface area contributed by atoms with E-state index >= 15 is 0 Å². The van der Waals surface area contributed by atoms with E-state index in [0.29, 0.717) is 10.3 Å². The van der Waals surface area contributed by atoms with Gasteiger partial charge in [-0.25, -0.2) is 0 Å². The van der Waals surface area contributed by atoms with Gasteiger partial charge in [-0.05, 0) is 12.2 Å². The summed E-state index contributed by atoms with van der Waals surface area (Å²) < 4.78 is 1.71. The molecule has 86 valence electrons. The third-order valence-corrected chi connectivity index (χ3v) is 2.23. The van der Waals surface area contributed by atoms with Crippen LogP contribution in [-0.2, 0) is 0 Å². The zero-order chi connectivity index (χ0) is 12.3. The van der Waals surface area contributed by atoms with Crippen LogP contribution in [0.1, 0.15) is 5.56 Å². The first kappa shape index (κ1) is 11.1. The molecule has 1 aromatic heterocycles. The van der Waals surface area contributed by atoms with Crippen LogP contribution in [0.5, 0.6) is 0 Å². The van der Waals surface area contributed by atoms with E-state index in [4.69, 9.17) is 12.2 Å². The Bertz CT molecular complexity index is 630. The smallest absolute Gasteiger partial charge is 0.258 e. The third-order valence-electron chi connectivity index (χ3n) is 1.95. The van der Waals surface area contributed by atoms with Crippen LogP contribution in [0.15, 0.2) is 35.7 Å². The van der Waals surface area contributed by atoms with Crippen LogP contribution >= 0.6 is 12.2 Å². The number of H-pyrrole nitrogens is 1. The number of non-ortho nitro benzene ring substituents is 1. The molecule has 1 heterocycles. The van der Waals surface area contributed by atoms with Gasteiger partial charge in [0.25, 0.3) is 5.69 Å². The Morgan fingerprint density at radius 2 is 2.41 bits per heavy atom. The topological polar surface area (TPSA) is 89.1 Å². The summed E-state index contributed by atoms with van der Waals surface area (Å²) in [5.74, 6) is 0. The summed E-state index contributed by atoms with van der Waals surface area (Å²) in [7, 11) is 0. The lowest BCUT2D eigenvalue weighted by molar-refractivity contribution is -0.384. The maximum atomic E-state index is 10.6. The highest BCUT2D eigenvalue weighted by Gasteiger charge is 2.03. The van der Waals surface area contributed by atoms with Crippen molar-refractivity contribution in [3.63, 3.8) is 0 Å². The normalized spacial score (nSPS) is 10.8. The van der Waals surface area contributed by atoms with Crippen molar-refractivity contribution < 1.29 is 4.92 Å². The predicted molar refractivity (Wildman–Crippen MR) is 63.5 cm³/mol. The summed E-state index contributed by atoms with van der Waals surface area (Å²) in [6, 6.07) is 6.14. The lowest BCUT2D eigenvalue weighted by Crippen LogP contribution is -1.92. The molecule has 7 nitrogen and oxygen atoms in total. The standard InChI is InChI=1S/C9H7N5O2S/c15-14(16)8-3-1-2-7(4-8)5-11-13-6-10-12-9(13)17/h1-6H,(H,12,17)/b11-5+. The molecule has 0 aliphatic heterocycles. The van der Waals surface area contributed by atoms with Crippen LogP contribution in [-0.4, -0.2) is 26.0 Å². The lowest BCUT2D eigenvalue weighted by atomic mass is 10.2. The number of hydrogen-bond donors (Lipinski definition) is 1. The van der Waals surface area contributed by atoms with Gasteiger partial charge in [-0.2, -0.15) is 14.9 Å². The van der Waals surface area contributed by atoms with Crippen molar-refractivity contribution in [1.29, 1.82) is 0 Å². The highest BCUT2D eigenvalue weighted by molar-refractivity contribution is 7.71. The molecule has 2 aromatic rings. The fourth-order valence-corrected chi connectivity index (χ4v) is 1.32. The Kier molecular flexibility index (Phi) is 3.06. The van der Waals surface area contributed by atoms with Gasteiger partial charge in [-0.1, -0.05) is 12.1 Å². The molecule has 0 aliphatic rings. The quantitative estimate of drug-likeness (QED) is 0.388. The molecule has 17 heavy (non-hydrogen) atoms. The molecule has 8 heteroatoms. The van der Waals surface area contributed by atoms with E-state index in [1.165, 1.54) is 29.4 Å². The molecule has 0 saturated heterocycles. The fourth-order valence-electron chi connectivity index (χ4n) is 1.17. The number of benzene rings is 1. The van der Waals surface area contributed by atoms with Crippen LogP contribution < -0.4 is 0 Å². The van der Waals surface area contributed by atoms with Crippen LogP contribution in [0, 0.1) is 14.9 Å². The summed E-state index contributed by atoms with van der Waals surface area (Å²) in [6.45, 7) is 0. The summed E-state index contributed by atoms with van der Waals surface area (Å²) in [6.07, 6.45) is 2.88. The average Bonchev–Trinajstić information content (AvgIpc) is 2.72. The van der Waals surface area contributed by atoms with Gasteiger partial charge < -0.3 is 0 Å². The van der Waals surface area contributed by atoms with Crippen molar-refractivity contribution in [3.05, 3.63) is 51.0 Å². The van der Waals surface area contributed by atoms with Gasteiger partial charge in [0.15, 0.2) is 0 Å². The molecule has 0 unspecified atom stereocenters. The largest absolute Gasteiger partial charge is 0.270 e. The van der Waals surface area contributed by atoms with Crippen LogP contribution in [0.25, 0.3) is 0 Å². The van der Waals surface area contributed by atoms with Gasteiger partial charge >= 0.3 is 0 Å². The zero-order valence-electron chi connectivity index (χ0n) is 8.48. The third kappa shape index (κ3) is 2.61. The molecular weight excluding hydrogens is 242 g/mol. The molecule has 0 aliphatic carbocycles. The lowest BCUT2D eigenvalue weighted by Gasteiger charge is -1.94. The van der Waals surface area contributed by atoms with Crippen LogP contribution in [0.3, 0.4) is 0 Å². The highest BCUT2D eigenvalue weighted by atomic mass is 32.1. The van der Waals surface area contributed by atoms with Gasteiger partial charge in [0.05, 0.1) is 11.1 Å². The predicted octanol–water partition coefficient (Wildman–Crippen LogP) is 1.73. The van der Waals surface area contributed by atoms with E-state index < -0.39 is 4.92 Å². The molecule has 0 spiro atoms. The molecule has 0 bridgehead atoms. The van der Waals surface area contributed by atoms with Gasteiger partial charge in [-0.3, -0.25) is 15.2 Å². The van der Waals surface area contributed by atoms with E-state index in [1.807, 2.05) is 0 Å². The van der Waals surface area contributed by atoms with Gasteiger partial charge in [0.2, 0.25) is 4.77 Å². The Balaban J connectivity index is 2.27. The van der Waals surface area contributed by atoms with E-state index in [-0.39, 0.29) is 5.69 Å². The number of aromatic amines is 1. The van der Waals surface area contributed by atoms with Crippen LogP contribution in [0.4, 0.5) is 5.69 Å². The second-order valence-corrected chi connectivity index (χ2v) is 3.49. The number of nitrogens with zero attached hydrogens (tertiary/aromatic N) is 4. The molecule has 0 atom stereocenters. The summed E-state index contributed by atoms with van der Waals surface area (Å²) in [5.41, 5.74) is 0.632. The first-order valence-electron chi connectivity index (χ1n) is 4.57. The highest BCUT2D eigenvalue weighted by Crippen LogP contribution is 2.11. The van der Waals surface area contributed by atoms with E-state index in [2.05, 4.69) is 15.3 Å². The average molecular weight is 249 g/mol. The minimum Gasteiger partial charge on any atom is -0.258 e. The molecule has 0 radical (unpaired) electrons. The maximum absolute atomic E-state index is 10.6. The van der Waals surface area contributed by atoms with E-state index in [9.17, 15) is 10.1 Å². The molecule has 1 aromatic carbocycles. The monoisotopic (exact) mass is 249 g/mol. The number of nitro groups is 1. The molecule has 2 rings (SSSR count). The van der Waals surface area contributed by atoms with Crippen molar-refractivity contribution in [2.24, 2.45) is 5.10 Å². The molecular formula is C9H7N5O2S. The van der Waals surface area contributed by atoms with Crippen molar-refractivity contribution >= 4 is 24.1 Å². The Labute approximate surface area is 101 Å². The van der Waals surface area contributed by atoms with Crippen molar-refractivity contribution in [3.8, 4) is 0 Å². The van der Waals surface area contributed by atoms with E-state index in [0.717, 1.165) is 0 Å². The van der Waals surface area contributed by atoms with Crippen LogP contribution in [0.2, 0.25) is 0 Å². The summed E-state index contributed by atoms with van der Waals surface area (Å²) in [5, 5.41) is 20.8. The minimum atomic E-state index is -0.457. The van der Waals surface area contributed by atoms with Crippen molar-refractivity contribution in [2.45, 2.75) is 0 Å². The fraction of sp³-hybridized carbons (Fsp3) is 0. The van der Waals surface area contributed by atoms with Crippen molar-refractivity contribution in [2.75, 3.05) is 0 Å². The van der Waals surface area contributed by atoms with E-state index in [1.54, 1.807) is 12.1 Å². The molecule has 0 fully saturated rings. The Hall–Kier alpha value is -2.35. The second kappa shape index (κ2) is 4.66. The minimum absolute atomic E-state index is 0.0183. The van der Waals surface area contributed by atoms with Crippen molar-refractivity contribution in [1.82, 2.24) is 14.9 Å². The molecule has 0 amide bonds. The first-order chi connectivity index (χ1) is 8.16. The molecule has 1 N–H and O–H groups in total. The first-order valence-corrected chi connectivity index (χ1v) is 4.98. The number of nitrogens with one attached hydrogen (secondary N) is 1. The summed E-state index contributed by atoms with van der Waals surface area (Å²) >= 11 is 4.89.